The number of fused-ring (bicyclic) bond motifs is 1. The van der Waals surface area contributed by atoms with Crippen molar-refractivity contribution in [3.63, 3.8) is 0 Å². The smallest absolute Gasteiger partial charge is 0.266 e. The molecular weight excluding hydrogens is 380 g/mol. The van der Waals surface area contributed by atoms with Crippen LogP contribution in [0, 0.1) is 0 Å². The van der Waals surface area contributed by atoms with E-state index in [4.69, 9.17) is 0 Å². The van der Waals surface area contributed by atoms with Gasteiger partial charge in [-0.1, -0.05) is 42.1 Å². The maximum Gasteiger partial charge on any atom is 0.266 e. The number of rotatable bonds is 5. The fourth-order valence-electron chi connectivity index (χ4n) is 2.58. The van der Waals surface area contributed by atoms with Crippen LogP contribution < -0.4 is 10.9 Å². The van der Waals surface area contributed by atoms with Crippen LogP contribution in [0.5, 0.6) is 0 Å². The number of benzene rings is 2. The average Bonchev–Trinajstić information content (AvgIpc) is 3.20. The highest BCUT2D eigenvalue weighted by Gasteiger charge is 2.15. The summed E-state index contributed by atoms with van der Waals surface area (Å²) in [6.45, 7) is 0. The van der Waals surface area contributed by atoms with Crippen LogP contribution in [-0.2, 0) is 4.79 Å². The Bertz CT molecular complexity index is 1140. The van der Waals surface area contributed by atoms with Gasteiger partial charge in [0.25, 0.3) is 5.56 Å². The number of thiazole rings is 1. The second kappa shape index (κ2) is 7.73. The molecule has 0 aliphatic rings. The SMILES string of the molecule is O=C(CSc1nc2ccccc2c(=O)n1-c1ccccc1)Nc1nccs1. The molecule has 2 aromatic carbocycles. The van der Waals surface area contributed by atoms with E-state index in [2.05, 4.69) is 15.3 Å². The Morgan fingerprint density at radius 2 is 1.89 bits per heavy atom. The van der Waals surface area contributed by atoms with E-state index >= 15 is 0 Å². The van der Waals surface area contributed by atoms with Gasteiger partial charge in [-0.15, -0.1) is 11.3 Å². The van der Waals surface area contributed by atoms with Crippen molar-refractivity contribution in [2.45, 2.75) is 5.16 Å². The van der Waals surface area contributed by atoms with E-state index in [0.717, 1.165) is 0 Å². The van der Waals surface area contributed by atoms with Gasteiger partial charge in [-0.3, -0.25) is 14.2 Å². The summed E-state index contributed by atoms with van der Waals surface area (Å²) in [5.74, 6) is -0.0750. The first-order chi connectivity index (χ1) is 13.2. The van der Waals surface area contributed by atoms with Crippen molar-refractivity contribution in [3.8, 4) is 5.69 Å². The molecule has 4 aromatic rings. The molecule has 134 valence electrons. The first-order valence-electron chi connectivity index (χ1n) is 8.12. The number of amides is 1. The van der Waals surface area contributed by atoms with E-state index in [9.17, 15) is 9.59 Å². The van der Waals surface area contributed by atoms with Crippen LogP contribution >= 0.6 is 23.1 Å². The van der Waals surface area contributed by atoms with Crippen LogP contribution in [0.4, 0.5) is 5.13 Å². The van der Waals surface area contributed by atoms with Crippen molar-refractivity contribution < 1.29 is 4.79 Å². The zero-order chi connectivity index (χ0) is 18.6. The number of hydrogen-bond acceptors (Lipinski definition) is 6. The Balaban J connectivity index is 1.70. The van der Waals surface area contributed by atoms with E-state index in [1.807, 2.05) is 42.5 Å². The lowest BCUT2D eigenvalue weighted by Gasteiger charge is -2.13. The molecule has 0 radical (unpaired) electrons. The summed E-state index contributed by atoms with van der Waals surface area (Å²) in [6, 6.07) is 16.5. The van der Waals surface area contributed by atoms with Gasteiger partial charge in [0.15, 0.2) is 10.3 Å². The van der Waals surface area contributed by atoms with E-state index in [1.165, 1.54) is 23.1 Å². The summed E-state index contributed by atoms with van der Waals surface area (Å²) in [5.41, 5.74) is 1.16. The molecule has 0 atom stereocenters. The van der Waals surface area contributed by atoms with E-state index in [0.29, 0.717) is 26.9 Å². The lowest BCUT2D eigenvalue weighted by molar-refractivity contribution is -0.113. The lowest BCUT2D eigenvalue weighted by Crippen LogP contribution is -2.22. The predicted molar refractivity (Wildman–Crippen MR) is 109 cm³/mol. The van der Waals surface area contributed by atoms with E-state index < -0.39 is 0 Å². The third-order valence-corrected chi connectivity index (χ3v) is 5.40. The van der Waals surface area contributed by atoms with E-state index in [-0.39, 0.29) is 17.2 Å². The molecule has 0 spiro atoms. The van der Waals surface area contributed by atoms with Gasteiger partial charge < -0.3 is 5.32 Å². The Labute approximate surface area is 162 Å². The molecule has 0 saturated heterocycles. The van der Waals surface area contributed by atoms with Gasteiger partial charge in [0, 0.05) is 11.6 Å². The number of thioether (sulfide) groups is 1. The molecule has 8 heteroatoms. The maximum absolute atomic E-state index is 13.1. The molecule has 6 nitrogen and oxygen atoms in total. The topological polar surface area (TPSA) is 76.9 Å². The minimum atomic E-state index is -0.197. The Morgan fingerprint density at radius 1 is 1.11 bits per heavy atom. The number of carbonyl (C=O) groups is 1. The zero-order valence-corrected chi connectivity index (χ0v) is 15.7. The van der Waals surface area contributed by atoms with E-state index in [1.54, 1.807) is 28.3 Å². The molecule has 0 saturated carbocycles. The highest BCUT2D eigenvalue weighted by atomic mass is 32.2. The lowest BCUT2D eigenvalue weighted by atomic mass is 10.2. The molecule has 0 aliphatic carbocycles. The molecule has 27 heavy (non-hydrogen) atoms. The first kappa shape index (κ1) is 17.4. The molecule has 0 bridgehead atoms. The molecule has 2 aromatic heterocycles. The van der Waals surface area contributed by atoms with Gasteiger partial charge in [0.1, 0.15) is 0 Å². The Morgan fingerprint density at radius 3 is 2.67 bits per heavy atom. The molecular formula is C19H14N4O2S2. The number of nitrogens with one attached hydrogen (secondary N) is 1. The van der Waals surface area contributed by atoms with Crippen molar-refractivity contribution in [1.82, 2.24) is 14.5 Å². The number of nitrogens with zero attached hydrogens (tertiary/aromatic N) is 3. The largest absolute Gasteiger partial charge is 0.301 e. The molecule has 0 unspecified atom stereocenters. The zero-order valence-electron chi connectivity index (χ0n) is 14.0. The van der Waals surface area contributed by atoms with Crippen LogP contribution in [0.15, 0.2) is 76.1 Å². The monoisotopic (exact) mass is 394 g/mol. The second-order valence-corrected chi connectivity index (χ2v) is 7.40. The maximum atomic E-state index is 13.1. The van der Waals surface area contributed by atoms with Crippen LogP contribution in [0.25, 0.3) is 16.6 Å². The normalized spacial score (nSPS) is 10.8. The van der Waals surface area contributed by atoms with Gasteiger partial charge in [0.2, 0.25) is 5.91 Å². The minimum absolute atomic E-state index is 0.122. The van der Waals surface area contributed by atoms with Crippen molar-refractivity contribution >= 4 is 45.0 Å². The van der Waals surface area contributed by atoms with Crippen molar-refractivity contribution in [3.05, 3.63) is 76.5 Å². The van der Waals surface area contributed by atoms with Gasteiger partial charge in [-0.2, -0.15) is 0 Å². The van der Waals surface area contributed by atoms with Gasteiger partial charge >= 0.3 is 0 Å². The van der Waals surface area contributed by atoms with Crippen molar-refractivity contribution in [1.29, 1.82) is 0 Å². The van der Waals surface area contributed by atoms with Crippen LogP contribution in [0.3, 0.4) is 0 Å². The predicted octanol–water partition coefficient (Wildman–Crippen LogP) is 3.57. The van der Waals surface area contributed by atoms with Crippen LogP contribution in [0.2, 0.25) is 0 Å². The fourth-order valence-corrected chi connectivity index (χ4v) is 3.94. The Kier molecular flexibility index (Phi) is 4.99. The van der Waals surface area contributed by atoms with Gasteiger partial charge in [-0.05, 0) is 24.3 Å². The highest BCUT2D eigenvalue weighted by molar-refractivity contribution is 7.99. The van der Waals surface area contributed by atoms with Crippen molar-refractivity contribution in [2.75, 3.05) is 11.1 Å². The molecule has 4 rings (SSSR count). The summed E-state index contributed by atoms with van der Waals surface area (Å²) < 4.78 is 1.55. The number of hydrogen-bond donors (Lipinski definition) is 1. The first-order valence-corrected chi connectivity index (χ1v) is 9.98. The summed E-state index contributed by atoms with van der Waals surface area (Å²) in [7, 11) is 0. The van der Waals surface area contributed by atoms with Crippen LogP contribution in [-0.4, -0.2) is 26.2 Å². The molecule has 2 heterocycles. The summed E-state index contributed by atoms with van der Waals surface area (Å²) in [6.07, 6.45) is 1.63. The standard InChI is InChI=1S/C19H14N4O2S2/c24-16(22-18-20-10-11-26-18)12-27-19-21-15-9-5-4-8-14(15)17(25)23(19)13-6-2-1-3-7-13/h1-11H,12H2,(H,20,22,24). The van der Waals surface area contributed by atoms with Crippen molar-refractivity contribution in [2.24, 2.45) is 0 Å². The summed E-state index contributed by atoms with van der Waals surface area (Å²) in [4.78, 5) is 33.9. The van der Waals surface area contributed by atoms with Gasteiger partial charge in [0.05, 0.1) is 22.3 Å². The average molecular weight is 394 g/mol. The Hall–Kier alpha value is -2.97. The third kappa shape index (κ3) is 3.76. The molecule has 0 fully saturated rings. The highest BCUT2D eigenvalue weighted by Crippen LogP contribution is 2.21. The minimum Gasteiger partial charge on any atom is -0.301 e. The molecule has 1 amide bonds. The van der Waals surface area contributed by atoms with Gasteiger partial charge in [-0.25, -0.2) is 9.97 Å². The summed E-state index contributed by atoms with van der Waals surface area (Å²) in [5, 5.41) is 6.09. The number of anilines is 1. The molecule has 0 aliphatic heterocycles. The summed E-state index contributed by atoms with van der Waals surface area (Å²) >= 11 is 2.57. The number of aromatic nitrogens is 3. The number of para-hydroxylation sites is 2. The number of carbonyl (C=O) groups excluding carboxylic acids is 1. The quantitative estimate of drug-likeness (QED) is 0.414. The second-order valence-electron chi connectivity index (χ2n) is 5.56. The fraction of sp³-hybridized carbons (Fsp3) is 0.0526. The molecule has 1 N–H and O–H groups in total. The third-order valence-electron chi connectivity index (χ3n) is 3.77. The van der Waals surface area contributed by atoms with Crippen LogP contribution in [0.1, 0.15) is 0 Å².